The Bertz CT molecular complexity index is 803. The number of benzene rings is 2. The van der Waals surface area contributed by atoms with Gasteiger partial charge < -0.3 is 24.6 Å². The molecule has 0 radical (unpaired) electrons. The Morgan fingerprint density at radius 1 is 1.00 bits per heavy atom. The van der Waals surface area contributed by atoms with Crippen molar-refractivity contribution in [2.24, 2.45) is 0 Å². The lowest BCUT2D eigenvalue weighted by molar-refractivity contribution is -0.207. The monoisotopic (exact) mass is 390 g/mol. The summed E-state index contributed by atoms with van der Waals surface area (Å²) in [5, 5.41) is 18.9. The minimum Gasteiger partial charge on any atom is -0.507 e. The summed E-state index contributed by atoms with van der Waals surface area (Å²) >= 11 is 0. The molecule has 0 amide bonds. The third kappa shape index (κ3) is 6.48. The topological polar surface area (TPSA) is 112 Å². The summed E-state index contributed by atoms with van der Waals surface area (Å²) in [5.74, 6) is 0.330. The van der Waals surface area contributed by atoms with E-state index in [-0.39, 0.29) is 35.0 Å². The average Bonchev–Trinajstić information content (AvgIpc) is 2.69. The first kappa shape index (κ1) is 21.0. The van der Waals surface area contributed by atoms with Crippen LogP contribution in [0.1, 0.15) is 36.0 Å². The van der Waals surface area contributed by atoms with Gasteiger partial charge in [-0.15, -0.1) is 0 Å². The Morgan fingerprint density at radius 2 is 1.75 bits per heavy atom. The molecule has 0 aliphatic rings. The van der Waals surface area contributed by atoms with Crippen LogP contribution in [0.15, 0.2) is 36.4 Å². The zero-order valence-corrected chi connectivity index (χ0v) is 15.4. The summed E-state index contributed by atoms with van der Waals surface area (Å²) in [6.07, 6.45) is 2.72. The fourth-order valence-electron chi connectivity index (χ4n) is 2.30. The molecule has 8 heteroatoms. The number of phenols is 2. The molecule has 0 saturated carbocycles. The molecule has 8 nitrogen and oxygen atoms in total. The van der Waals surface area contributed by atoms with Gasteiger partial charge in [-0.05, 0) is 43.2 Å². The normalized spacial score (nSPS) is 10.3. The van der Waals surface area contributed by atoms with Gasteiger partial charge in [0.2, 0.25) is 0 Å². The van der Waals surface area contributed by atoms with Gasteiger partial charge in [-0.1, -0.05) is 6.42 Å². The van der Waals surface area contributed by atoms with Crippen LogP contribution in [0, 0.1) is 0 Å². The van der Waals surface area contributed by atoms with Crippen molar-refractivity contribution in [3.63, 3.8) is 0 Å². The van der Waals surface area contributed by atoms with Crippen molar-refractivity contribution in [3.05, 3.63) is 42.0 Å². The zero-order chi connectivity index (χ0) is 20.4. The van der Waals surface area contributed by atoms with Crippen LogP contribution >= 0.6 is 0 Å². The highest BCUT2D eigenvalue weighted by molar-refractivity contribution is 5.80. The Labute approximate surface area is 162 Å². The first-order chi connectivity index (χ1) is 13.5. The number of hydrogen-bond acceptors (Lipinski definition) is 8. The standard InChI is InChI=1S/C20H22O8/c1-25-19-12-16(7-9-18(19)23)28-26-10-4-2-3-5-20(24)27-15-6-8-17(22)14(11-15)13-21/h6-9,11-13,22-23H,2-5,10H2,1H3. The number of aldehydes is 1. The Balaban J connectivity index is 1.60. The molecule has 0 fully saturated rings. The lowest BCUT2D eigenvalue weighted by Crippen LogP contribution is -2.08. The maximum absolute atomic E-state index is 11.8. The third-order valence-electron chi connectivity index (χ3n) is 3.77. The van der Waals surface area contributed by atoms with Crippen LogP contribution < -0.4 is 14.4 Å². The number of esters is 1. The van der Waals surface area contributed by atoms with Crippen LogP contribution in [0.2, 0.25) is 0 Å². The molecule has 0 aliphatic heterocycles. The summed E-state index contributed by atoms with van der Waals surface area (Å²) in [6, 6.07) is 8.52. The van der Waals surface area contributed by atoms with Crippen LogP contribution in [0.5, 0.6) is 28.7 Å². The molecule has 0 aromatic heterocycles. The van der Waals surface area contributed by atoms with Gasteiger partial charge in [0.1, 0.15) is 11.5 Å². The zero-order valence-electron chi connectivity index (χ0n) is 15.4. The van der Waals surface area contributed by atoms with Crippen LogP contribution in [-0.2, 0) is 9.68 Å². The van der Waals surface area contributed by atoms with Crippen molar-refractivity contribution in [1.29, 1.82) is 0 Å². The van der Waals surface area contributed by atoms with Gasteiger partial charge in [-0.25, -0.2) is 0 Å². The fourth-order valence-corrected chi connectivity index (χ4v) is 2.30. The minimum absolute atomic E-state index is 0.0106. The molecule has 28 heavy (non-hydrogen) atoms. The number of carbonyl (C=O) groups excluding carboxylic acids is 2. The van der Waals surface area contributed by atoms with Gasteiger partial charge in [0.05, 0.1) is 19.3 Å². The van der Waals surface area contributed by atoms with E-state index in [1.165, 1.54) is 37.4 Å². The molecule has 0 heterocycles. The molecule has 2 aromatic rings. The summed E-state index contributed by atoms with van der Waals surface area (Å²) in [6.45, 7) is 0.332. The van der Waals surface area contributed by atoms with E-state index in [0.717, 1.165) is 6.42 Å². The van der Waals surface area contributed by atoms with Crippen molar-refractivity contribution in [3.8, 4) is 28.7 Å². The largest absolute Gasteiger partial charge is 0.507 e. The lowest BCUT2D eigenvalue weighted by atomic mass is 10.2. The molecule has 0 unspecified atom stereocenters. The van der Waals surface area contributed by atoms with E-state index in [2.05, 4.69) is 0 Å². The first-order valence-electron chi connectivity index (χ1n) is 8.69. The number of ether oxygens (including phenoxy) is 2. The van der Waals surface area contributed by atoms with Gasteiger partial charge in [-0.2, -0.15) is 4.89 Å². The van der Waals surface area contributed by atoms with Gasteiger partial charge >= 0.3 is 5.97 Å². The van der Waals surface area contributed by atoms with Gasteiger partial charge in [-0.3, -0.25) is 9.59 Å². The fraction of sp³-hybridized carbons (Fsp3) is 0.300. The van der Waals surface area contributed by atoms with E-state index in [1.807, 2.05) is 0 Å². The van der Waals surface area contributed by atoms with E-state index in [9.17, 15) is 19.8 Å². The van der Waals surface area contributed by atoms with Crippen molar-refractivity contribution in [2.75, 3.05) is 13.7 Å². The number of phenolic OH excluding ortho intramolecular Hbond substituents is 2. The molecular weight excluding hydrogens is 368 g/mol. The summed E-state index contributed by atoms with van der Waals surface area (Å²) in [7, 11) is 1.44. The van der Waals surface area contributed by atoms with Crippen molar-refractivity contribution in [1.82, 2.24) is 0 Å². The molecule has 0 atom stereocenters. The summed E-state index contributed by atoms with van der Waals surface area (Å²) in [4.78, 5) is 32.8. The van der Waals surface area contributed by atoms with Crippen LogP contribution in [0.25, 0.3) is 0 Å². The molecule has 0 bridgehead atoms. The van der Waals surface area contributed by atoms with Gasteiger partial charge in [0, 0.05) is 12.5 Å². The predicted octanol–water partition coefficient (Wildman–Crippen LogP) is 3.40. The number of aromatic hydroxyl groups is 2. The molecule has 2 rings (SSSR count). The second-order valence-corrected chi connectivity index (χ2v) is 5.86. The van der Waals surface area contributed by atoms with Crippen LogP contribution in [0.4, 0.5) is 0 Å². The summed E-state index contributed by atoms with van der Waals surface area (Å²) < 4.78 is 10.1. The maximum Gasteiger partial charge on any atom is 0.311 e. The van der Waals surface area contributed by atoms with Crippen molar-refractivity contribution in [2.45, 2.75) is 25.7 Å². The highest BCUT2D eigenvalue weighted by Gasteiger charge is 2.08. The van der Waals surface area contributed by atoms with Crippen molar-refractivity contribution < 1.29 is 39.1 Å². The van der Waals surface area contributed by atoms with E-state index in [1.54, 1.807) is 6.07 Å². The molecule has 0 aliphatic carbocycles. The molecule has 0 spiro atoms. The molecule has 150 valence electrons. The van der Waals surface area contributed by atoms with E-state index in [0.29, 0.717) is 31.5 Å². The maximum atomic E-state index is 11.8. The predicted molar refractivity (Wildman–Crippen MR) is 98.8 cm³/mol. The smallest absolute Gasteiger partial charge is 0.311 e. The number of unbranched alkanes of at least 4 members (excludes halogenated alkanes) is 2. The van der Waals surface area contributed by atoms with E-state index < -0.39 is 5.97 Å². The van der Waals surface area contributed by atoms with Crippen LogP contribution in [-0.4, -0.2) is 36.2 Å². The van der Waals surface area contributed by atoms with Crippen LogP contribution in [0.3, 0.4) is 0 Å². The number of carbonyl (C=O) groups is 2. The number of rotatable bonds is 11. The highest BCUT2D eigenvalue weighted by Crippen LogP contribution is 2.29. The Morgan fingerprint density at radius 3 is 2.50 bits per heavy atom. The molecular formula is C20H22O8. The van der Waals surface area contributed by atoms with Gasteiger partial charge in [0.15, 0.2) is 23.5 Å². The van der Waals surface area contributed by atoms with E-state index in [4.69, 9.17) is 19.2 Å². The Hall–Kier alpha value is -3.26. The second-order valence-electron chi connectivity index (χ2n) is 5.86. The number of methoxy groups -OCH3 is 1. The number of hydrogen-bond donors (Lipinski definition) is 2. The quantitative estimate of drug-likeness (QED) is 0.150. The van der Waals surface area contributed by atoms with E-state index >= 15 is 0 Å². The molecule has 2 N–H and O–H groups in total. The lowest BCUT2D eigenvalue weighted by Gasteiger charge is -2.08. The minimum atomic E-state index is -0.420. The second kappa shape index (κ2) is 10.8. The third-order valence-corrected chi connectivity index (χ3v) is 3.77. The first-order valence-corrected chi connectivity index (χ1v) is 8.69. The average molecular weight is 390 g/mol. The van der Waals surface area contributed by atoms with Crippen molar-refractivity contribution >= 4 is 12.3 Å². The van der Waals surface area contributed by atoms with Gasteiger partial charge in [0.25, 0.3) is 0 Å². The molecule has 2 aromatic carbocycles. The molecule has 0 saturated heterocycles. The summed E-state index contributed by atoms with van der Waals surface area (Å²) in [5.41, 5.74) is 0.0636. The SMILES string of the molecule is COc1cc(OOCCCCCC(=O)Oc2ccc(O)c(C=O)c2)ccc1O. The Kier molecular flexibility index (Phi) is 8.11. The highest BCUT2D eigenvalue weighted by atomic mass is 17.2.